The summed E-state index contributed by atoms with van der Waals surface area (Å²) in [5.41, 5.74) is 5.80. The van der Waals surface area contributed by atoms with Crippen LogP contribution in [0.4, 0.5) is 0 Å². The first-order chi connectivity index (χ1) is 7.31. The molecule has 1 aromatic rings. The van der Waals surface area contributed by atoms with Crippen molar-refractivity contribution in [3.63, 3.8) is 0 Å². The molecule has 0 radical (unpaired) electrons. The zero-order valence-corrected chi connectivity index (χ0v) is 9.34. The lowest BCUT2D eigenvalue weighted by Gasteiger charge is -2.25. The Kier molecular flexibility index (Phi) is 3.38. The molecule has 0 bridgehead atoms. The van der Waals surface area contributed by atoms with Crippen LogP contribution >= 0.6 is 0 Å². The molecule has 4 nitrogen and oxygen atoms in total. The Morgan fingerprint density at radius 2 is 2.33 bits per heavy atom. The third-order valence-electron chi connectivity index (χ3n) is 3.41. The van der Waals surface area contributed by atoms with Crippen molar-refractivity contribution < 1.29 is 0 Å². The van der Waals surface area contributed by atoms with Gasteiger partial charge in [-0.2, -0.15) is 5.10 Å². The molecule has 84 valence electrons. The minimum Gasteiger partial charge on any atom is -0.329 e. The van der Waals surface area contributed by atoms with E-state index in [-0.39, 0.29) is 0 Å². The molecule has 2 unspecified atom stereocenters. The van der Waals surface area contributed by atoms with Crippen LogP contribution in [0.1, 0.15) is 13.3 Å². The van der Waals surface area contributed by atoms with E-state index in [1.807, 2.05) is 23.1 Å². The first-order valence-electron chi connectivity index (χ1n) is 5.73. The first kappa shape index (κ1) is 10.6. The summed E-state index contributed by atoms with van der Waals surface area (Å²) in [6, 6.07) is 2.54. The van der Waals surface area contributed by atoms with Crippen molar-refractivity contribution in [2.45, 2.75) is 25.9 Å². The van der Waals surface area contributed by atoms with E-state index >= 15 is 0 Å². The van der Waals surface area contributed by atoms with Gasteiger partial charge >= 0.3 is 0 Å². The molecule has 2 rings (SSSR count). The second-order valence-corrected chi connectivity index (χ2v) is 4.37. The summed E-state index contributed by atoms with van der Waals surface area (Å²) >= 11 is 0. The van der Waals surface area contributed by atoms with Crippen LogP contribution in [-0.2, 0) is 6.54 Å². The quantitative estimate of drug-likeness (QED) is 0.786. The SMILES string of the molecule is CC1CCN(CCn2cccn2)C1CN. The minimum absolute atomic E-state index is 0.570. The maximum Gasteiger partial charge on any atom is 0.0536 e. The van der Waals surface area contributed by atoms with Crippen LogP contribution in [0.15, 0.2) is 18.5 Å². The highest BCUT2D eigenvalue weighted by molar-refractivity contribution is 4.85. The van der Waals surface area contributed by atoms with Gasteiger partial charge in [0.1, 0.15) is 0 Å². The Balaban J connectivity index is 1.84. The Morgan fingerprint density at radius 1 is 1.47 bits per heavy atom. The molecular weight excluding hydrogens is 188 g/mol. The van der Waals surface area contributed by atoms with Crippen molar-refractivity contribution >= 4 is 0 Å². The number of nitrogens with zero attached hydrogens (tertiary/aromatic N) is 3. The molecule has 0 amide bonds. The van der Waals surface area contributed by atoms with E-state index < -0.39 is 0 Å². The van der Waals surface area contributed by atoms with E-state index in [4.69, 9.17) is 5.73 Å². The van der Waals surface area contributed by atoms with E-state index in [0.717, 1.165) is 25.6 Å². The van der Waals surface area contributed by atoms with Gasteiger partial charge in [0, 0.05) is 31.5 Å². The topological polar surface area (TPSA) is 47.1 Å². The molecule has 2 heterocycles. The van der Waals surface area contributed by atoms with E-state index in [1.54, 1.807) is 0 Å². The van der Waals surface area contributed by atoms with Crippen LogP contribution in [0.2, 0.25) is 0 Å². The summed E-state index contributed by atoms with van der Waals surface area (Å²) in [5.74, 6) is 0.743. The minimum atomic E-state index is 0.570. The molecule has 1 saturated heterocycles. The molecule has 15 heavy (non-hydrogen) atoms. The Hall–Kier alpha value is -0.870. The van der Waals surface area contributed by atoms with Crippen LogP contribution in [-0.4, -0.2) is 40.4 Å². The van der Waals surface area contributed by atoms with E-state index in [1.165, 1.54) is 13.0 Å². The summed E-state index contributed by atoms with van der Waals surface area (Å²) in [6.45, 7) is 6.29. The van der Waals surface area contributed by atoms with Crippen molar-refractivity contribution in [2.24, 2.45) is 11.7 Å². The summed E-state index contributed by atoms with van der Waals surface area (Å²) in [5, 5.41) is 4.21. The third kappa shape index (κ3) is 2.38. The van der Waals surface area contributed by atoms with Crippen molar-refractivity contribution in [3.05, 3.63) is 18.5 Å². The van der Waals surface area contributed by atoms with Crippen LogP contribution in [0.3, 0.4) is 0 Å². The highest BCUT2D eigenvalue weighted by Gasteiger charge is 2.29. The van der Waals surface area contributed by atoms with Gasteiger partial charge in [-0.05, 0) is 24.9 Å². The van der Waals surface area contributed by atoms with Gasteiger partial charge in [0.2, 0.25) is 0 Å². The molecule has 0 saturated carbocycles. The molecule has 1 aliphatic heterocycles. The van der Waals surface area contributed by atoms with Gasteiger partial charge in [0.25, 0.3) is 0 Å². The fourth-order valence-electron chi connectivity index (χ4n) is 2.41. The average molecular weight is 208 g/mol. The van der Waals surface area contributed by atoms with Gasteiger partial charge < -0.3 is 5.73 Å². The Labute approximate surface area is 91.1 Å². The molecule has 0 aliphatic carbocycles. The Morgan fingerprint density at radius 3 is 3.00 bits per heavy atom. The second-order valence-electron chi connectivity index (χ2n) is 4.37. The highest BCUT2D eigenvalue weighted by atomic mass is 15.3. The summed E-state index contributed by atoms with van der Waals surface area (Å²) in [7, 11) is 0. The number of aromatic nitrogens is 2. The normalized spacial score (nSPS) is 27.3. The lowest BCUT2D eigenvalue weighted by atomic mass is 10.0. The highest BCUT2D eigenvalue weighted by Crippen LogP contribution is 2.22. The molecule has 1 aliphatic rings. The predicted octanol–water partition coefficient (Wildman–Crippen LogP) is 0.552. The maximum atomic E-state index is 5.80. The number of nitrogens with two attached hydrogens (primary N) is 1. The number of hydrogen-bond acceptors (Lipinski definition) is 3. The lowest BCUT2D eigenvalue weighted by molar-refractivity contribution is 0.225. The standard InChI is InChI=1S/C11H20N4/c1-10-3-6-14(11(10)9-12)7-8-15-5-2-4-13-15/h2,4-5,10-11H,3,6-9,12H2,1H3. The fraction of sp³-hybridized carbons (Fsp3) is 0.727. The molecule has 0 spiro atoms. The molecule has 4 heteroatoms. The predicted molar refractivity (Wildman–Crippen MR) is 60.4 cm³/mol. The molecule has 2 N–H and O–H groups in total. The second kappa shape index (κ2) is 4.77. The smallest absolute Gasteiger partial charge is 0.0536 e. The summed E-state index contributed by atoms with van der Waals surface area (Å²) < 4.78 is 1.98. The van der Waals surface area contributed by atoms with Crippen LogP contribution in [0.25, 0.3) is 0 Å². The number of likely N-dealkylation sites (tertiary alicyclic amines) is 1. The van der Waals surface area contributed by atoms with Gasteiger partial charge in [0.05, 0.1) is 6.54 Å². The van der Waals surface area contributed by atoms with E-state index in [2.05, 4.69) is 16.9 Å². The molecular formula is C11H20N4. The number of hydrogen-bond donors (Lipinski definition) is 1. The molecule has 0 aromatic carbocycles. The van der Waals surface area contributed by atoms with Crippen molar-refractivity contribution in [1.82, 2.24) is 14.7 Å². The van der Waals surface area contributed by atoms with Crippen molar-refractivity contribution in [2.75, 3.05) is 19.6 Å². The Bertz CT molecular complexity index is 283. The van der Waals surface area contributed by atoms with Gasteiger partial charge in [-0.1, -0.05) is 6.92 Å². The molecule has 1 aromatic heterocycles. The average Bonchev–Trinajstić information content (AvgIpc) is 2.84. The molecule has 2 atom stereocenters. The van der Waals surface area contributed by atoms with E-state index in [9.17, 15) is 0 Å². The zero-order chi connectivity index (χ0) is 10.7. The summed E-state index contributed by atoms with van der Waals surface area (Å²) in [4.78, 5) is 2.49. The van der Waals surface area contributed by atoms with Crippen LogP contribution in [0, 0.1) is 5.92 Å². The van der Waals surface area contributed by atoms with Crippen molar-refractivity contribution in [3.8, 4) is 0 Å². The zero-order valence-electron chi connectivity index (χ0n) is 9.34. The maximum absolute atomic E-state index is 5.80. The largest absolute Gasteiger partial charge is 0.329 e. The van der Waals surface area contributed by atoms with Crippen molar-refractivity contribution in [1.29, 1.82) is 0 Å². The van der Waals surface area contributed by atoms with E-state index in [0.29, 0.717) is 6.04 Å². The van der Waals surface area contributed by atoms with Gasteiger partial charge in [-0.15, -0.1) is 0 Å². The van der Waals surface area contributed by atoms with Crippen LogP contribution in [0.5, 0.6) is 0 Å². The first-order valence-corrected chi connectivity index (χ1v) is 5.73. The van der Waals surface area contributed by atoms with Gasteiger partial charge in [0.15, 0.2) is 0 Å². The van der Waals surface area contributed by atoms with Gasteiger partial charge in [-0.25, -0.2) is 0 Å². The molecule has 1 fully saturated rings. The fourth-order valence-corrected chi connectivity index (χ4v) is 2.41. The lowest BCUT2D eigenvalue weighted by Crippen LogP contribution is -2.40. The monoisotopic (exact) mass is 208 g/mol. The van der Waals surface area contributed by atoms with Gasteiger partial charge in [-0.3, -0.25) is 9.58 Å². The summed E-state index contributed by atoms with van der Waals surface area (Å²) in [6.07, 6.45) is 5.12. The number of rotatable bonds is 4. The van der Waals surface area contributed by atoms with Crippen LogP contribution < -0.4 is 5.73 Å². The third-order valence-corrected chi connectivity index (χ3v) is 3.41.